The Bertz CT molecular complexity index is 737. The minimum atomic E-state index is -0.0160. The molecule has 1 saturated heterocycles. The number of piperazine rings is 1. The van der Waals surface area contributed by atoms with Gasteiger partial charge in [-0.2, -0.15) is 0 Å². The van der Waals surface area contributed by atoms with Crippen LogP contribution in [0.3, 0.4) is 0 Å². The average molecular weight is 358 g/mol. The van der Waals surface area contributed by atoms with Gasteiger partial charge >= 0.3 is 0 Å². The Hall–Kier alpha value is -2.04. The number of benzene rings is 2. The maximum atomic E-state index is 12.3. The molecule has 3 rings (SSSR count). The van der Waals surface area contributed by atoms with Crippen LogP contribution in [0.5, 0.6) is 0 Å². The maximum Gasteiger partial charge on any atom is 0.228 e. The van der Waals surface area contributed by atoms with Crippen LogP contribution in [0.4, 0.5) is 11.4 Å². The molecule has 0 unspecified atom stereocenters. The molecule has 25 heavy (non-hydrogen) atoms. The summed E-state index contributed by atoms with van der Waals surface area (Å²) in [6, 6.07) is 13.6. The van der Waals surface area contributed by atoms with E-state index < -0.39 is 0 Å². The van der Waals surface area contributed by atoms with Gasteiger partial charge in [0.25, 0.3) is 0 Å². The lowest BCUT2D eigenvalue weighted by Gasteiger charge is -2.34. The Morgan fingerprint density at radius 2 is 1.76 bits per heavy atom. The van der Waals surface area contributed by atoms with Gasteiger partial charge < -0.3 is 15.1 Å². The quantitative estimate of drug-likeness (QED) is 0.908. The summed E-state index contributed by atoms with van der Waals surface area (Å²) in [6.45, 7) is 6.28. The summed E-state index contributed by atoms with van der Waals surface area (Å²) in [5, 5.41) is 3.69. The number of anilines is 2. The van der Waals surface area contributed by atoms with Gasteiger partial charge in [-0.1, -0.05) is 23.7 Å². The van der Waals surface area contributed by atoms with Gasteiger partial charge in [-0.3, -0.25) is 4.79 Å². The zero-order valence-electron chi connectivity index (χ0n) is 14.8. The van der Waals surface area contributed by atoms with Gasteiger partial charge in [-0.25, -0.2) is 0 Å². The van der Waals surface area contributed by atoms with Crippen LogP contribution >= 0.6 is 11.6 Å². The van der Waals surface area contributed by atoms with Gasteiger partial charge in [-0.05, 0) is 55.4 Å². The van der Waals surface area contributed by atoms with E-state index in [0.717, 1.165) is 43.0 Å². The lowest BCUT2D eigenvalue weighted by Crippen LogP contribution is -2.44. The molecule has 0 bridgehead atoms. The number of hydrogen-bond donors (Lipinski definition) is 1. The summed E-state index contributed by atoms with van der Waals surface area (Å²) in [4.78, 5) is 17.0. The molecule has 0 aliphatic carbocycles. The lowest BCUT2D eigenvalue weighted by atomic mass is 10.1. The third-order valence-electron chi connectivity index (χ3n) is 4.63. The topological polar surface area (TPSA) is 35.6 Å². The molecule has 4 nitrogen and oxygen atoms in total. The molecule has 1 N–H and O–H groups in total. The number of halogens is 1. The fraction of sp³-hybridized carbons (Fsp3) is 0.350. The lowest BCUT2D eigenvalue weighted by molar-refractivity contribution is -0.115. The van der Waals surface area contributed by atoms with Crippen molar-refractivity contribution in [2.75, 3.05) is 43.4 Å². The number of nitrogens with zero attached hydrogens (tertiary/aromatic N) is 2. The zero-order chi connectivity index (χ0) is 17.8. The van der Waals surface area contributed by atoms with Gasteiger partial charge in [0.1, 0.15) is 0 Å². The van der Waals surface area contributed by atoms with E-state index in [0.29, 0.717) is 11.4 Å². The molecule has 0 radical (unpaired) electrons. The van der Waals surface area contributed by atoms with Crippen LogP contribution in [0.2, 0.25) is 5.02 Å². The highest BCUT2D eigenvalue weighted by Gasteiger charge is 2.15. The summed E-state index contributed by atoms with van der Waals surface area (Å²) in [6.07, 6.45) is 0.344. The fourth-order valence-corrected chi connectivity index (χ4v) is 3.16. The molecule has 1 heterocycles. The Labute approximate surface area is 154 Å². The maximum absolute atomic E-state index is 12.3. The van der Waals surface area contributed by atoms with Crippen LogP contribution in [0.25, 0.3) is 0 Å². The highest BCUT2D eigenvalue weighted by molar-refractivity contribution is 6.30. The van der Waals surface area contributed by atoms with Crippen molar-refractivity contribution in [3.8, 4) is 0 Å². The second-order valence-corrected chi connectivity index (χ2v) is 7.08. The minimum Gasteiger partial charge on any atom is -0.369 e. The van der Waals surface area contributed by atoms with Gasteiger partial charge in [0.15, 0.2) is 0 Å². The first-order valence-corrected chi connectivity index (χ1v) is 8.97. The van der Waals surface area contributed by atoms with Crippen molar-refractivity contribution in [1.29, 1.82) is 0 Å². The number of aryl methyl sites for hydroxylation is 1. The molecular weight excluding hydrogens is 334 g/mol. The summed E-state index contributed by atoms with van der Waals surface area (Å²) in [7, 11) is 2.15. The van der Waals surface area contributed by atoms with Crippen LogP contribution in [-0.4, -0.2) is 44.0 Å². The number of carbonyl (C=O) groups excluding carboxylic acids is 1. The molecule has 0 atom stereocenters. The Morgan fingerprint density at radius 1 is 1.08 bits per heavy atom. The third kappa shape index (κ3) is 4.74. The van der Waals surface area contributed by atoms with Crippen LogP contribution in [0.1, 0.15) is 11.1 Å². The molecular formula is C20H24ClN3O. The van der Waals surface area contributed by atoms with Gasteiger partial charge in [0.2, 0.25) is 5.91 Å². The molecule has 2 aromatic carbocycles. The van der Waals surface area contributed by atoms with Crippen molar-refractivity contribution < 1.29 is 4.79 Å². The molecule has 132 valence electrons. The highest BCUT2D eigenvalue weighted by Crippen LogP contribution is 2.24. The number of amides is 1. The van der Waals surface area contributed by atoms with Crippen molar-refractivity contribution in [3.05, 3.63) is 58.6 Å². The van der Waals surface area contributed by atoms with Crippen molar-refractivity contribution >= 4 is 28.9 Å². The van der Waals surface area contributed by atoms with Gasteiger partial charge in [0, 0.05) is 42.6 Å². The van der Waals surface area contributed by atoms with Gasteiger partial charge in [0.05, 0.1) is 6.42 Å². The normalized spacial score (nSPS) is 15.2. The largest absolute Gasteiger partial charge is 0.369 e. The van der Waals surface area contributed by atoms with E-state index in [1.807, 2.05) is 25.1 Å². The Balaban J connectivity index is 1.62. The third-order valence-corrected chi connectivity index (χ3v) is 4.88. The van der Waals surface area contributed by atoms with Crippen LogP contribution in [0, 0.1) is 6.92 Å². The number of carbonyl (C=O) groups is 1. The van der Waals surface area contributed by atoms with E-state index in [2.05, 4.69) is 34.3 Å². The minimum absolute atomic E-state index is 0.0160. The summed E-state index contributed by atoms with van der Waals surface area (Å²) in [5.74, 6) is -0.0160. The monoisotopic (exact) mass is 357 g/mol. The standard InChI is InChI=1S/C20H24ClN3O/c1-15-13-18(24-11-9-23(2)10-12-24)7-8-19(15)22-20(25)14-16-3-5-17(21)6-4-16/h3-8,13H,9-12,14H2,1-2H3,(H,22,25). The second-order valence-electron chi connectivity index (χ2n) is 6.64. The van der Waals surface area contributed by atoms with Crippen LogP contribution in [-0.2, 0) is 11.2 Å². The average Bonchev–Trinajstić information content (AvgIpc) is 2.59. The molecule has 1 aliphatic heterocycles. The van der Waals surface area contributed by atoms with Crippen LogP contribution in [0.15, 0.2) is 42.5 Å². The van der Waals surface area contributed by atoms with E-state index in [9.17, 15) is 4.79 Å². The smallest absolute Gasteiger partial charge is 0.228 e. The number of hydrogen-bond acceptors (Lipinski definition) is 3. The molecule has 1 amide bonds. The van der Waals surface area contributed by atoms with Crippen molar-refractivity contribution in [2.24, 2.45) is 0 Å². The molecule has 1 fully saturated rings. The first-order chi connectivity index (χ1) is 12.0. The van der Waals surface area contributed by atoms with E-state index in [4.69, 9.17) is 11.6 Å². The second kappa shape index (κ2) is 7.89. The van der Waals surface area contributed by atoms with E-state index in [1.54, 1.807) is 12.1 Å². The van der Waals surface area contributed by atoms with Gasteiger partial charge in [-0.15, -0.1) is 0 Å². The Kier molecular flexibility index (Phi) is 5.61. The number of nitrogens with one attached hydrogen (secondary N) is 1. The van der Waals surface area contributed by atoms with E-state index >= 15 is 0 Å². The van der Waals surface area contributed by atoms with Crippen LogP contribution < -0.4 is 10.2 Å². The first-order valence-electron chi connectivity index (χ1n) is 8.60. The van der Waals surface area contributed by atoms with Crippen molar-refractivity contribution in [2.45, 2.75) is 13.3 Å². The fourth-order valence-electron chi connectivity index (χ4n) is 3.03. The zero-order valence-corrected chi connectivity index (χ0v) is 15.5. The molecule has 0 spiro atoms. The van der Waals surface area contributed by atoms with Crippen molar-refractivity contribution in [3.63, 3.8) is 0 Å². The first kappa shape index (κ1) is 17.8. The molecule has 1 aliphatic rings. The summed E-state index contributed by atoms with van der Waals surface area (Å²) >= 11 is 5.88. The molecule has 5 heteroatoms. The predicted molar refractivity (Wildman–Crippen MR) is 105 cm³/mol. The summed E-state index contributed by atoms with van der Waals surface area (Å²) in [5.41, 5.74) is 4.13. The SMILES string of the molecule is Cc1cc(N2CCN(C)CC2)ccc1NC(=O)Cc1ccc(Cl)cc1. The molecule has 0 aromatic heterocycles. The summed E-state index contributed by atoms with van der Waals surface area (Å²) < 4.78 is 0. The predicted octanol–water partition coefficient (Wildman–Crippen LogP) is 3.58. The highest BCUT2D eigenvalue weighted by atomic mass is 35.5. The number of likely N-dealkylation sites (N-methyl/N-ethyl adjacent to an activating group) is 1. The molecule has 0 saturated carbocycles. The van der Waals surface area contributed by atoms with E-state index in [-0.39, 0.29) is 5.91 Å². The Morgan fingerprint density at radius 3 is 2.40 bits per heavy atom. The van der Waals surface area contributed by atoms with E-state index in [1.165, 1.54) is 5.69 Å². The molecule has 2 aromatic rings. The number of rotatable bonds is 4. The van der Waals surface area contributed by atoms with Crippen molar-refractivity contribution in [1.82, 2.24) is 4.90 Å².